The van der Waals surface area contributed by atoms with Crippen molar-refractivity contribution in [1.82, 2.24) is 15.3 Å². The van der Waals surface area contributed by atoms with E-state index in [-0.39, 0.29) is 6.54 Å². The Morgan fingerprint density at radius 3 is 2.50 bits per heavy atom. The highest BCUT2D eigenvalue weighted by Gasteiger charge is 2.15. The molecule has 1 aromatic carbocycles. The first-order valence-electron chi connectivity index (χ1n) is 7.21. The Balaban J connectivity index is 1.57. The molecule has 6 nitrogen and oxygen atoms in total. The zero-order valence-electron chi connectivity index (χ0n) is 12.6. The summed E-state index contributed by atoms with van der Waals surface area (Å²) >= 11 is 1.27. The van der Waals surface area contributed by atoms with E-state index in [2.05, 4.69) is 20.6 Å². The molecule has 0 aliphatic rings. The average molecular weight is 338 g/mol. The number of aromatic nitrogens is 2. The van der Waals surface area contributed by atoms with Crippen LogP contribution < -0.4 is 10.6 Å². The van der Waals surface area contributed by atoms with Gasteiger partial charge in [0.25, 0.3) is 0 Å². The minimum atomic E-state index is -0.738. The predicted octanol–water partition coefficient (Wildman–Crippen LogP) is 2.46. The molecule has 0 bridgehead atoms. The van der Waals surface area contributed by atoms with Gasteiger partial charge in [-0.15, -0.1) is 11.3 Å². The van der Waals surface area contributed by atoms with Crippen molar-refractivity contribution in [1.29, 1.82) is 0 Å². The van der Waals surface area contributed by atoms with Crippen molar-refractivity contribution in [3.05, 3.63) is 65.8 Å². The Kier molecular flexibility index (Phi) is 4.93. The summed E-state index contributed by atoms with van der Waals surface area (Å²) in [7, 11) is 0. The number of pyridine rings is 1. The van der Waals surface area contributed by atoms with Gasteiger partial charge in [-0.25, -0.2) is 4.98 Å². The monoisotopic (exact) mass is 338 g/mol. The maximum Gasteiger partial charge on any atom is 0.315 e. The quantitative estimate of drug-likeness (QED) is 0.716. The second-order valence-electron chi connectivity index (χ2n) is 4.90. The Morgan fingerprint density at radius 2 is 1.75 bits per heavy atom. The van der Waals surface area contributed by atoms with Crippen LogP contribution in [0.15, 0.2) is 60.2 Å². The molecule has 2 amide bonds. The van der Waals surface area contributed by atoms with Gasteiger partial charge in [-0.2, -0.15) is 0 Å². The fourth-order valence-corrected chi connectivity index (χ4v) is 2.70. The van der Waals surface area contributed by atoms with Gasteiger partial charge in [0.05, 0.1) is 5.69 Å². The molecule has 3 rings (SSSR count). The third-order valence-corrected chi connectivity index (χ3v) is 3.96. The van der Waals surface area contributed by atoms with E-state index in [9.17, 15) is 9.59 Å². The molecule has 0 unspecified atom stereocenters. The van der Waals surface area contributed by atoms with Gasteiger partial charge in [-0.05, 0) is 17.7 Å². The zero-order chi connectivity index (χ0) is 16.8. The summed E-state index contributed by atoms with van der Waals surface area (Å²) in [6.07, 6.45) is 3.25. The standard InChI is InChI=1S/C17H14N4O2S/c22-15(19-10-12-6-8-18-9-7-12)16(23)21-17-20-14(11-24-17)13-4-2-1-3-5-13/h1-9,11H,10H2,(H,19,22)(H,20,21,23). The highest BCUT2D eigenvalue weighted by atomic mass is 32.1. The smallest absolute Gasteiger partial charge is 0.315 e. The fourth-order valence-electron chi connectivity index (χ4n) is 1.99. The Morgan fingerprint density at radius 1 is 1.00 bits per heavy atom. The molecule has 0 saturated carbocycles. The van der Waals surface area contributed by atoms with Gasteiger partial charge in [0.15, 0.2) is 5.13 Å². The van der Waals surface area contributed by atoms with Gasteiger partial charge < -0.3 is 5.32 Å². The van der Waals surface area contributed by atoms with Gasteiger partial charge in [-0.1, -0.05) is 30.3 Å². The Labute approximate surface area is 142 Å². The number of nitrogens with zero attached hydrogens (tertiary/aromatic N) is 2. The van der Waals surface area contributed by atoms with Gasteiger partial charge in [0.1, 0.15) is 0 Å². The van der Waals surface area contributed by atoms with Gasteiger partial charge in [0, 0.05) is 29.9 Å². The van der Waals surface area contributed by atoms with Crippen molar-refractivity contribution < 1.29 is 9.59 Å². The van der Waals surface area contributed by atoms with E-state index in [1.807, 2.05) is 35.7 Å². The lowest BCUT2D eigenvalue weighted by molar-refractivity contribution is -0.136. The molecular formula is C17H14N4O2S. The molecule has 0 atom stereocenters. The first-order chi connectivity index (χ1) is 11.7. The van der Waals surface area contributed by atoms with Gasteiger partial charge in [-0.3, -0.25) is 19.9 Å². The van der Waals surface area contributed by atoms with Crippen LogP contribution in [-0.2, 0) is 16.1 Å². The van der Waals surface area contributed by atoms with E-state index in [0.717, 1.165) is 16.8 Å². The first kappa shape index (κ1) is 15.8. The van der Waals surface area contributed by atoms with E-state index in [1.54, 1.807) is 24.5 Å². The number of hydrogen-bond acceptors (Lipinski definition) is 5. The molecule has 24 heavy (non-hydrogen) atoms. The molecule has 3 aromatic rings. The number of benzene rings is 1. The van der Waals surface area contributed by atoms with Gasteiger partial charge >= 0.3 is 11.8 Å². The SMILES string of the molecule is O=C(NCc1ccncc1)C(=O)Nc1nc(-c2ccccc2)cs1. The molecule has 7 heteroatoms. The summed E-state index contributed by atoms with van der Waals surface area (Å²) in [5, 5.41) is 7.29. The highest BCUT2D eigenvalue weighted by Crippen LogP contribution is 2.24. The third-order valence-electron chi connectivity index (χ3n) is 3.20. The molecule has 0 fully saturated rings. The number of rotatable bonds is 4. The number of hydrogen-bond donors (Lipinski definition) is 2. The van der Waals surface area contributed by atoms with E-state index >= 15 is 0 Å². The highest BCUT2D eigenvalue weighted by molar-refractivity contribution is 7.14. The van der Waals surface area contributed by atoms with E-state index in [1.165, 1.54) is 11.3 Å². The lowest BCUT2D eigenvalue weighted by atomic mass is 10.2. The zero-order valence-corrected chi connectivity index (χ0v) is 13.4. The lowest BCUT2D eigenvalue weighted by Crippen LogP contribution is -2.34. The number of nitrogens with one attached hydrogen (secondary N) is 2. The summed E-state index contributed by atoms with van der Waals surface area (Å²) < 4.78 is 0. The molecule has 0 aliphatic heterocycles. The number of anilines is 1. The van der Waals surface area contributed by atoms with E-state index in [4.69, 9.17) is 0 Å². The van der Waals surface area contributed by atoms with Crippen LogP contribution in [0.3, 0.4) is 0 Å². The summed E-state index contributed by atoms with van der Waals surface area (Å²) in [6.45, 7) is 0.266. The van der Waals surface area contributed by atoms with E-state index < -0.39 is 11.8 Å². The summed E-state index contributed by atoms with van der Waals surface area (Å²) in [4.78, 5) is 32.0. The van der Waals surface area contributed by atoms with Crippen molar-refractivity contribution in [3.63, 3.8) is 0 Å². The molecule has 2 heterocycles. The molecule has 0 radical (unpaired) electrons. The van der Waals surface area contributed by atoms with Crippen molar-refractivity contribution >= 4 is 28.3 Å². The van der Waals surface area contributed by atoms with Crippen LogP contribution >= 0.6 is 11.3 Å². The summed E-state index contributed by atoms with van der Waals surface area (Å²) in [5.74, 6) is -1.44. The number of amides is 2. The molecule has 0 saturated heterocycles. The largest absolute Gasteiger partial charge is 0.344 e. The maximum absolute atomic E-state index is 11.9. The summed E-state index contributed by atoms with van der Waals surface area (Å²) in [6, 6.07) is 13.2. The first-order valence-corrected chi connectivity index (χ1v) is 8.09. The van der Waals surface area contributed by atoms with Crippen LogP contribution in [0.5, 0.6) is 0 Å². The van der Waals surface area contributed by atoms with Crippen molar-refractivity contribution in [2.24, 2.45) is 0 Å². The second-order valence-corrected chi connectivity index (χ2v) is 5.75. The van der Waals surface area contributed by atoms with Gasteiger partial charge in [0.2, 0.25) is 0 Å². The van der Waals surface area contributed by atoms with Crippen molar-refractivity contribution in [2.75, 3.05) is 5.32 Å². The van der Waals surface area contributed by atoms with E-state index in [0.29, 0.717) is 5.13 Å². The van der Waals surface area contributed by atoms with Crippen LogP contribution in [0.1, 0.15) is 5.56 Å². The number of carbonyl (C=O) groups is 2. The lowest BCUT2D eigenvalue weighted by Gasteiger charge is -2.04. The molecule has 2 N–H and O–H groups in total. The van der Waals surface area contributed by atoms with Crippen molar-refractivity contribution in [2.45, 2.75) is 6.54 Å². The number of carbonyl (C=O) groups excluding carboxylic acids is 2. The van der Waals surface area contributed by atoms with Crippen LogP contribution in [0.25, 0.3) is 11.3 Å². The third kappa shape index (κ3) is 4.02. The van der Waals surface area contributed by atoms with Crippen LogP contribution in [0, 0.1) is 0 Å². The minimum Gasteiger partial charge on any atom is -0.344 e. The average Bonchev–Trinajstić information content (AvgIpc) is 3.10. The van der Waals surface area contributed by atoms with Crippen LogP contribution in [0.2, 0.25) is 0 Å². The molecule has 0 aliphatic carbocycles. The van der Waals surface area contributed by atoms with Crippen LogP contribution in [0.4, 0.5) is 5.13 Å². The minimum absolute atomic E-state index is 0.266. The predicted molar refractivity (Wildman–Crippen MR) is 92.3 cm³/mol. The molecule has 120 valence electrons. The number of thiazole rings is 1. The molecule has 2 aromatic heterocycles. The van der Waals surface area contributed by atoms with Crippen LogP contribution in [-0.4, -0.2) is 21.8 Å². The maximum atomic E-state index is 11.9. The molecular weight excluding hydrogens is 324 g/mol. The second kappa shape index (κ2) is 7.47. The normalized spacial score (nSPS) is 10.2. The van der Waals surface area contributed by atoms with Crippen molar-refractivity contribution in [3.8, 4) is 11.3 Å². The topological polar surface area (TPSA) is 84.0 Å². The Bertz CT molecular complexity index is 834. The summed E-state index contributed by atoms with van der Waals surface area (Å²) in [5.41, 5.74) is 2.58. The fraction of sp³-hybridized carbons (Fsp3) is 0.0588. The molecule has 0 spiro atoms. The Hall–Kier alpha value is -3.06.